The average molecular weight is 240 g/mol. The van der Waals surface area contributed by atoms with Gasteiger partial charge in [-0.1, -0.05) is 30.3 Å². The van der Waals surface area contributed by atoms with Crippen LogP contribution in [0.1, 0.15) is 5.56 Å². The minimum atomic E-state index is 0.686. The monoisotopic (exact) mass is 240 g/mol. The fourth-order valence-electron chi connectivity index (χ4n) is 2.31. The lowest BCUT2D eigenvalue weighted by molar-refractivity contribution is 0.331. The van der Waals surface area contributed by atoms with E-state index < -0.39 is 0 Å². The van der Waals surface area contributed by atoms with Gasteiger partial charge >= 0.3 is 0 Å². The summed E-state index contributed by atoms with van der Waals surface area (Å²) >= 11 is 0. The van der Waals surface area contributed by atoms with E-state index in [9.17, 15) is 0 Å². The zero-order chi connectivity index (χ0) is 12.4. The van der Waals surface area contributed by atoms with E-state index in [4.69, 9.17) is 10.5 Å². The van der Waals surface area contributed by atoms with Crippen LogP contribution in [-0.4, -0.2) is 13.2 Å². The Kier molecular flexibility index (Phi) is 2.81. The number of hydrogen-bond acceptors (Lipinski definition) is 3. The maximum absolute atomic E-state index is 6.04. The highest BCUT2D eigenvalue weighted by atomic mass is 16.5. The van der Waals surface area contributed by atoms with Crippen LogP contribution < -0.4 is 15.4 Å². The average Bonchev–Trinajstić information content (AvgIpc) is 2.61. The van der Waals surface area contributed by atoms with Crippen molar-refractivity contribution in [3.05, 3.63) is 54.1 Å². The molecule has 1 aliphatic rings. The molecule has 0 aliphatic carbocycles. The maximum atomic E-state index is 6.04. The first-order valence-corrected chi connectivity index (χ1v) is 6.15. The number of nitrogen functional groups attached to an aromatic ring is 1. The summed E-state index contributed by atoms with van der Waals surface area (Å²) in [5.74, 6) is 0.981. The Hall–Kier alpha value is -2.16. The number of benzene rings is 2. The molecule has 2 aromatic rings. The van der Waals surface area contributed by atoms with Crippen molar-refractivity contribution in [1.82, 2.24) is 0 Å². The highest BCUT2D eigenvalue weighted by Gasteiger charge is 2.16. The lowest BCUT2D eigenvalue weighted by Crippen LogP contribution is -2.25. The molecule has 1 heterocycles. The summed E-state index contributed by atoms with van der Waals surface area (Å²) in [5, 5.41) is 0. The largest absolute Gasteiger partial charge is 0.491 e. The Balaban J connectivity index is 1.94. The molecule has 1 aliphatic heterocycles. The lowest BCUT2D eigenvalue weighted by atomic mass is 10.1. The fourth-order valence-corrected chi connectivity index (χ4v) is 2.31. The summed E-state index contributed by atoms with van der Waals surface area (Å²) in [6.45, 7) is 2.37. The predicted octanol–water partition coefficient (Wildman–Crippen LogP) is 2.67. The molecule has 0 atom stereocenters. The smallest absolute Gasteiger partial charge is 0.124 e. The quantitative estimate of drug-likeness (QED) is 0.779. The van der Waals surface area contributed by atoms with E-state index in [2.05, 4.69) is 17.0 Å². The van der Waals surface area contributed by atoms with E-state index in [1.165, 1.54) is 5.56 Å². The molecule has 3 heteroatoms. The molecular weight excluding hydrogens is 224 g/mol. The van der Waals surface area contributed by atoms with Gasteiger partial charge in [-0.2, -0.15) is 0 Å². The molecule has 0 spiro atoms. The molecule has 0 saturated heterocycles. The van der Waals surface area contributed by atoms with E-state index in [-0.39, 0.29) is 0 Å². The Labute approximate surface area is 107 Å². The first-order valence-electron chi connectivity index (χ1n) is 6.15. The van der Waals surface area contributed by atoms with Gasteiger partial charge in [0, 0.05) is 12.1 Å². The molecule has 0 amide bonds. The summed E-state index contributed by atoms with van der Waals surface area (Å²) < 4.78 is 5.76. The van der Waals surface area contributed by atoms with Crippen molar-refractivity contribution in [3.8, 4) is 5.75 Å². The number of nitrogens with two attached hydrogens (primary N) is 1. The maximum Gasteiger partial charge on any atom is 0.124 e. The van der Waals surface area contributed by atoms with Crippen molar-refractivity contribution in [2.45, 2.75) is 6.54 Å². The van der Waals surface area contributed by atoms with Crippen LogP contribution in [-0.2, 0) is 6.54 Å². The molecule has 18 heavy (non-hydrogen) atoms. The number of anilines is 2. The highest BCUT2D eigenvalue weighted by molar-refractivity contribution is 5.67. The van der Waals surface area contributed by atoms with E-state index in [0.717, 1.165) is 30.2 Å². The van der Waals surface area contributed by atoms with Crippen molar-refractivity contribution in [1.29, 1.82) is 0 Å². The van der Waals surface area contributed by atoms with Gasteiger partial charge in [-0.15, -0.1) is 0 Å². The van der Waals surface area contributed by atoms with Gasteiger partial charge in [0.15, 0.2) is 0 Å². The summed E-state index contributed by atoms with van der Waals surface area (Å²) in [5.41, 5.74) is 9.14. The molecule has 3 rings (SSSR count). The summed E-state index contributed by atoms with van der Waals surface area (Å²) in [7, 11) is 0. The molecule has 2 aromatic carbocycles. The minimum absolute atomic E-state index is 0.686. The molecule has 0 unspecified atom stereocenters. The molecule has 3 nitrogen and oxygen atoms in total. The summed E-state index contributed by atoms with van der Waals surface area (Å²) in [4.78, 5) is 2.27. The minimum Gasteiger partial charge on any atom is -0.491 e. The zero-order valence-corrected chi connectivity index (χ0v) is 10.2. The van der Waals surface area contributed by atoms with Gasteiger partial charge in [0.2, 0.25) is 0 Å². The van der Waals surface area contributed by atoms with Crippen molar-refractivity contribution in [2.24, 2.45) is 0 Å². The van der Waals surface area contributed by atoms with Crippen molar-refractivity contribution in [3.63, 3.8) is 0 Å². The van der Waals surface area contributed by atoms with Crippen molar-refractivity contribution < 1.29 is 4.74 Å². The second kappa shape index (κ2) is 4.61. The van der Waals surface area contributed by atoms with Crippen LogP contribution in [0.3, 0.4) is 0 Å². The van der Waals surface area contributed by atoms with E-state index >= 15 is 0 Å². The first kappa shape index (κ1) is 11.0. The van der Waals surface area contributed by atoms with Crippen molar-refractivity contribution >= 4 is 11.4 Å². The third-order valence-electron chi connectivity index (χ3n) is 3.23. The first-order chi connectivity index (χ1) is 8.84. The molecule has 2 N–H and O–H groups in total. The van der Waals surface area contributed by atoms with Crippen LogP contribution in [0.15, 0.2) is 48.5 Å². The Bertz CT molecular complexity index is 554. The molecule has 92 valence electrons. The topological polar surface area (TPSA) is 38.5 Å². The van der Waals surface area contributed by atoms with Gasteiger partial charge < -0.3 is 15.4 Å². The van der Waals surface area contributed by atoms with Crippen LogP contribution in [0.2, 0.25) is 0 Å². The standard InChI is InChI=1S/C15H16N2O/c16-13-6-2-3-7-14(13)17-9-10-18-15-8-4-1-5-12(15)11-17/h1-8H,9-11,16H2. The van der Waals surface area contributed by atoms with Gasteiger partial charge in [-0.25, -0.2) is 0 Å². The van der Waals surface area contributed by atoms with Gasteiger partial charge in [-0.3, -0.25) is 0 Å². The van der Waals surface area contributed by atoms with Crippen LogP contribution in [0.4, 0.5) is 11.4 Å². The third-order valence-corrected chi connectivity index (χ3v) is 3.23. The molecule has 0 bridgehead atoms. The highest BCUT2D eigenvalue weighted by Crippen LogP contribution is 2.29. The van der Waals surface area contributed by atoms with Crippen molar-refractivity contribution in [2.75, 3.05) is 23.8 Å². The van der Waals surface area contributed by atoms with E-state index in [0.29, 0.717) is 6.61 Å². The molecule has 0 radical (unpaired) electrons. The Morgan fingerprint density at radius 3 is 2.67 bits per heavy atom. The number of rotatable bonds is 1. The Morgan fingerprint density at radius 1 is 1.00 bits per heavy atom. The van der Waals surface area contributed by atoms with Crippen LogP contribution in [0.5, 0.6) is 5.75 Å². The lowest BCUT2D eigenvalue weighted by Gasteiger charge is -2.23. The molecular formula is C15H16N2O. The number of ether oxygens (including phenoxy) is 1. The summed E-state index contributed by atoms with van der Waals surface area (Å²) in [6.07, 6.45) is 0. The van der Waals surface area contributed by atoms with Crippen LogP contribution in [0.25, 0.3) is 0 Å². The van der Waals surface area contributed by atoms with Gasteiger partial charge in [0.05, 0.1) is 17.9 Å². The molecule has 0 fully saturated rings. The summed E-state index contributed by atoms with van der Waals surface area (Å²) in [6, 6.07) is 16.1. The SMILES string of the molecule is Nc1ccccc1N1CCOc2ccccc2C1. The van der Waals surface area contributed by atoms with E-state index in [1.807, 2.05) is 36.4 Å². The molecule has 0 aromatic heterocycles. The molecule has 0 saturated carbocycles. The van der Waals surface area contributed by atoms with Gasteiger partial charge in [-0.05, 0) is 18.2 Å². The number of hydrogen-bond donors (Lipinski definition) is 1. The second-order valence-corrected chi connectivity index (χ2v) is 4.44. The Morgan fingerprint density at radius 2 is 1.78 bits per heavy atom. The van der Waals surface area contributed by atoms with Gasteiger partial charge in [0.1, 0.15) is 12.4 Å². The van der Waals surface area contributed by atoms with Gasteiger partial charge in [0.25, 0.3) is 0 Å². The number of para-hydroxylation sites is 3. The second-order valence-electron chi connectivity index (χ2n) is 4.44. The third kappa shape index (κ3) is 1.99. The van der Waals surface area contributed by atoms with E-state index in [1.54, 1.807) is 0 Å². The van der Waals surface area contributed by atoms with Crippen LogP contribution in [0, 0.1) is 0 Å². The van der Waals surface area contributed by atoms with Crippen LogP contribution >= 0.6 is 0 Å². The fraction of sp³-hybridized carbons (Fsp3) is 0.200. The number of nitrogens with zero attached hydrogens (tertiary/aromatic N) is 1. The predicted molar refractivity (Wildman–Crippen MR) is 73.8 cm³/mol. The number of fused-ring (bicyclic) bond motifs is 1. The normalized spacial score (nSPS) is 14.6. The zero-order valence-electron chi connectivity index (χ0n) is 10.2.